The lowest BCUT2D eigenvalue weighted by molar-refractivity contribution is 0.0950. The first-order valence-corrected chi connectivity index (χ1v) is 11.0. The SMILES string of the molecule is Cc1cn2cc(C(=O)NCc3ccc(S(=O)(=O)C4CCOCC4)cc3)cnc2n1. The molecule has 1 aromatic carbocycles. The Morgan fingerprint density at radius 2 is 1.93 bits per heavy atom. The number of amides is 1. The van der Waals surface area contributed by atoms with E-state index in [1.807, 2.05) is 6.92 Å². The van der Waals surface area contributed by atoms with Gasteiger partial charge < -0.3 is 10.1 Å². The van der Waals surface area contributed by atoms with Gasteiger partial charge in [0.1, 0.15) is 0 Å². The van der Waals surface area contributed by atoms with Crippen LogP contribution in [-0.4, -0.2) is 47.2 Å². The number of hydrogen-bond donors (Lipinski definition) is 1. The van der Waals surface area contributed by atoms with E-state index in [1.54, 1.807) is 41.1 Å². The fraction of sp³-hybridized carbons (Fsp3) is 0.350. The Morgan fingerprint density at radius 3 is 2.66 bits per heavy atom. The van der Waals surface area contributed by atoms with Crippen molar-refractivity contribution < 1.29 is 17.9 Å². The number of carbonyl (C=O) groups excluding carboxylic acids is 1. The molecule has 1 amide bonds. The molecular formula is C20H22N4O4S. The van der Waals surface area contributed by atoms with Crippen molar-refractivity contribution in [3.05, 3.63) is 59.7 Å². The molecule has 1 fully saturated rings. The molecule has 0 saturated carbocycles. The van der Waals surface area contributed by atoms with E-state index >= 15 is 0 Å². The molecule has 0 spiro atoms. The lowest BCUT2D eigenvalue weighted by Crippen LogP contribution is -2.29. The van der Waals surface area contributed by atoms with Crippen molar-refractivity contribution in [2.45, 2.75) is 36.5 Å². The van der Waals surface area contributed by atoms with Crippen LogP contribution in [0.2, 0.25) is 0 Å². The lowest BCUT2D eigenvalue weighted by atomic mass is 10.2. The van der Waals surface area contributed by atoms with Crippen LogP contribution in [0.5, 0.6) is 0 Å². The first-order valence-electron chi connectivity index (χ1n) is 9.43. The number of sulfone groups is 1. The van der Waals surface area contributed by atoms with Crippen LogP contribution in [0.4, 0.5) is 0 Å². The minimum atomic E-state index is -3.36. The minimum Gasteiger partial charge on any atom is -0.381 e. The summed E-state index contributed by atoms with van der Waals surface area (Å²) in [6.07, 6.45) is 6.02. The molecule has 0 bridgehead atoms. The van der Waals surface area contributed by atoms with E-state index in [2.05, 4.69) is 15.3 Å². The number of carbonyl (C=O) groups is 1. The van der Waals surface area contributed by atoms with Crippen LogP contribution in [0.25, 0.3) is 5.78 Å². The van der Waals surface area contributed by atoms with Crippen molar-refractivity contribution in [3.63, 3.8) is 0 Å². The van der Waals surface area contributed by atoms with E-state index in [4.69, 9.17) is 4.74 Å². The largest absolute Gasteiger partial charge is 0.381 e. The van der Waals surface area contributed by atoms with E-state index in [1.165, 1.54) is 6.20 Å². The zero-order valence-electron chi connectivity index (χ0n) is 16.0. The summed E-state index contributed by atoms with van der Waals surface area (Å²) in [6, 6.07) is 6.67. The number of nitrogens with zero attached hydrogens (tertiary/aromatic N) is 3. The second-order valence-corrected chi connectivity index (χ2v) is 9.34. The highest BCUT2D eigenvalue weighted by atomic mass is 32.2. The molecule has 3 heterocycles. The minimum absolute atomic E-state index is 0.260. The van der Waals surface area contributed by atoms with Crippen molar-refractivity contribution in [1.29, 1.82) is 0 Å². The van der Waals surface area contributed by atoms with Gasteiger partial charge in [-0.1, -0.05) is 12.1 Å². The topological polar surface area (TPSA) is 103 Å². The van der Waals surface area contributed by atoms with Crippen LogP contribution >= 0.6 is 0 Å². The summed E-state index contributed by atoms with van der Waals surface area (Å²) in [5.74, 6) is 0.282. The van der Waals surface area contributed by atoms with Crippen molar-refractivity contribution in [1.82, 2.24) is 19.7 Å². The third-order valence-corrected chi connectivity index (χ3v) is 7.28. The molecule has 1 saturated heterocycles. The van der Waals surface area contributed by atoms with E-state index in [0.717, 1.165) is 11.3 Å². The van der Waals surface area contributed by atoms with Crippen LogP contribution < -0.4 is 5.32 Å². The molecule has 1 aliphatic rings. The van der Waals surface area contributed by atoms with Crippen molar-refractivity contribution >= 4 is 21.5 Å². The van der Waals surface area contributed by atoms with Gasteiger partial charge in [0.05, 0.1) is 21.4 Å². The molecule has 0 aliphatic carbocycles. The molecule has 4 rings (SSSR count). The zero-order valence-corrected chi connectivity index (χ0v) is 16.9. The Kier molecular flexibility index (Phi) is 5.33. The van der Waals surface area contributed by atoms with E-state index in [0.29, 0.717) is 42.3 Å². The molecule has 8 nitrogen and oxygen atoms in total. The summed E-state index contributed by atoms with van der Waals surface area (Å²) < 4.78 is 32.4. The lowest BCUT2D eigenvalue weighted by Gasteiger charge is -2.22. The van der Waals surface area contributed by atoms with Crippen molar-refractivity contribution in [3.8, 4) is 0 Å². The van der Waals surface area contributed by atoms with Gasteiger partial charge in [0.25, 0.3) is 5.91 Å². The average Bonchev–Trinajstić information content (AvgIpc) is 3.12. The van der Waals surface area contributed by atoms with Crippen LogP contribution in [0, 0.1) is 6.92 Å². The fourth-order valence-corrected chi connectivity index (χ4v) is 5.10. The normalized spacial score (nSPS) is 15.5. The standard InChI is InChI=1S/C20H22N4O4S/c1-14-12-24-13-16(11-22-20(24)23-14)19(25)21-10-15-2-4-17(5-3-15)29(26,27)18-6-8-28-9-7-18/h2-5,11-13,18H,6-10H2,1H3,(H,21,25). The number of imidazole rings is 1. The highest BCUT2D eigenvalue weighted by molar-refractivity contribution is 7.92. The quantitative estimate of drug-likeness (QED) is 0.684. The number of fused-ring (bicyclic) bond motifs is 1. The Hall–Kier alpha value is -2.78. The Labute approximate surface area is 168 Å². The number of ether oxygens (including phenoxy) is 1. The van der Waals surface area contributed by atoms with E-state index in [-0.39, 0.29) is 12.5 Å². The maximum atomic E-state index is 12.7. The second kappa shape index (κ2) is 7.92. The summed E-state index contributed by atoms with van der Waals surface area (Å²) in [7, 11) is -3.36. The molecule has 0 unspecified atom stereocenters. The summed E-state index contributed by atoms with van der Waals surface area (Å²) in [4.78, 5) is 21.1. The molecule has 152 valence electrons. The van der Waals surface area contributed by atoms with Gasteiger partial charge in [-0.2, -0.15) is 0 Å². The molecule has 3 aromatic rings. The van der Waals surface area contributed by atoms with Gasteiger partial charge >= 0.3 is 0 Å². The summed E-state index contributed by atoms with van der Waals surface area (Å²) in [6.45, 7) is 3.11. The third-order valence-electron chi connectivity index (χ3n) is 5.00. The smallest absolute Gasteiger partial charge is 0.254 e. The second-order valence-electron chi connectivity index (χ2n) is 7.12. The fourth-order valence-electron chi connectivity index (χ4n) is 3.38. The van der Waals surface area contributed by atoms with Crippen molar-refractivity contribution in [2.24, 2.45) is 0 Å². The summed E-state index contributed by atoms with van der Waals surface area (Å²) >= 11 is 0. The highest BCUT2D eigenvalue weighted by Crippen LogP contribution is 2.23. The summed E-state index contributed by atoms with van der Waals surface area (Å²) in [5, 5.41) is 2.44. The highest BCUT2D eigenvalue weighted by Gasteiger charge is 2.29. The number of aryl methyl sites for hydroxylation is 1. The predicted molar refractivity (Wildman–Crippen MR) is 106 cm³/mol. The molecule has 2 aromatic heterocycles. The van der Waals surface area contributed by atoms with E-state index < -0.39 is 15.1 Å². The van der Waals surface area contributed by atoms with Gasteiger partial charge in [0.2, 0.25) is 5.78 Å². The zero-order chi connectivity index (χ0) is 20.4. The maximum Gasteiger partial charge on any atom is 0.254 e. The van der Waals surface area contributed by atoms with Gasteiger partial charge in [0.15, 0.2) is 9.84 Å². The first-order chi connectivity index (χ1) is 13.9. The molecule has 0 atom stereocenters. The van der Waals surface area contributed by atoms with Gasteiger partial charge in [-0.15, -0.1) is 0 Å². The van der Waals surface area contributed by atoms with Gasteiger partial charge in [-0.3, -0.25) is 9.20 Å². The molecule has 1 aliphatic heterocycles. The van der Waals surface area contributed by atoms with Crippen molar-refractivity contribution in [2.75, 3.05) is 13.2 Å². The van der Waals surface area contributed by atoms with Gasteiger partial charge in [0, 0.05) is 38.3 Å². The number of nitrogens with one attached hydrogen (secondary N) is 1. The Bertz CT molecular complexity index is 1130. The monoisotopic (exact) mass is 414 g/mol. The Morgan fingerprint density at radius 1 is 1.21 bits per heavy atom. The van der Waals surface area contributed by atoms with Crippen LogP contribution in [0.15, 0.2) is 47.8 Å². The Balaban J connectivity index is 1.41. The van der Waals surface area contributed by atoms with Crippen LogP contribution in [-0.2, 0) is 21.1 Å². The molecule has 1 N–H and O–H groups in total. The average molecular weight is 414 g/mol. The third kappa shape index (κ3) is 4.15. The predicted octanol–water partition coefficient (Wildman–Crippen LogP) is 1.92. The molecule has 0 radical (unpaired) electrons. The maximum absolute atomic E-state index is 12.7. The molecule has 9 heteroatoms. The first kappa shape index (κ1) is 19.5. The number of aromatic nitrogens is 3. The summed E-state index contributed by atoms with van der Waals surface area (Å²) in [5.41, 5.74) is 2.07. The molecular weight excluding hydrogens is 392 g/mol. The van der Waals surface area contributed by atoms with Gasteiger partial charge in [-0.25, -0.2) is 18.4 Å². The van der Waals surface area contributed by atoms with Gasteiger partial charge in [-0.05, 0) is 37.5 Å². The number of rotatable bonds is 5. The van der Waals surface area contributed by atoms with Crippen LogP contribution in [0.3, 0.4) is 0 Å². The van der Waals surface area contributed by atoms with E-state index in [9.17, 15) is 13.2 Å². The number of benzene rings is 1. The molecule has 29 heavy (non-hydrogen) atoms. The number of hydrogen-bond acceptors (Lipinski definition) is 6. The van der Waals surface area contributed by atoms with Crippen LogP contribution in [0.1, 0.15) is 34.5 Å².